The monoisotopic (exact) mass is 165 g/mol. The van der Waals surface area contributed by atoms with E-state index in [2.05, 4.69) is 4.72 Å². The average Bonchev–Trinajstić information content (AvgIpc) is 2.15. The molecule has 1 aliphatic heterocycles. The minimum atomic E-state index is -1.07. The topological polar surface area (TPSA) is 58.6 Å². The zero-order chi connectivity index (χ0) is 7.56. The van der Waals surface area contributed by atoms with Crippen molar-refractivity contribution in [3.05, 3.63) is 0 Å². The highest BCUT2D eigenvalue weighted by atomic mass is 32.2. The SMILES string of the molecule is CS(=O)NC1COCC1O. The van der Waals surface area contributed by atoms with Crippen LogP contribution in [0.1, 0.15) is 0 Å². The molecule has 3 atom stereocenters. The largest absolute Gasteiger partial charge is 0.389 e. The molecule has 0 aromatic heterocycles. The highest BCUT2D eigenvalue weighted by Crippen LogP contribution is 2.04. The summed E-state index contributed by atoms with van der Waals surface area (Å²) in [6.07, 6.45) is 1.02. The van der Waals surface area contributed by atoms with Crippen LogP contribution in [-0.2, 0) is 15.7 Å². The second-order valence-electron chi connectivity index (χ2n) is 2.28. The molecule has 5 heteroatoms. The highest BCUT2D eigenvalue weighted by molar-refractivity contribution is 7.82. The third-order valence-corrected chi connectivity index (χ3v) is 2.00. The number of ether oxygens (including phenoxy) is 1. The van der Waals surface area contributed by atoms with E-state index in [0.717, 1.165) is 0 Å². The summed E-state index contributed by atoms with van der Waals surface area (Å²) in [4.78, 5) is 0. The van der Waals surface area contributed by atoms with Gasteiger partial charge in [0.2, 0.25) is 0 Å². The van der Waals surface area contributed by atoms with E-state index in [0.29, 0.717) is 13.2 Å². The Balaban J connectivity index is 2.33. The van der Waals surface area contributed by atoms with Crippen molar-refractivity contribution in [3.63, 3.8) is 0 Å². The molecule has 1 rings (SSSR count). The van der Waals surface area contributed by atoms with Crippen LogP contribution in [0.25, 0.3) is 0 Å². The summed E-state index contributed by atoms with van der Waals surface area (Å²) >= 11 is 0. The second-order valence-corrected chi connectivity index (χ2v) is 3.43. The second kappa shape index (κ2) is 3.43. The molecule has 0 amide bonds. The van der Waals surface area contributed by atoms with Crippen LogP contribution in [0.3, 0.4) is 0 Å². The predicted molar refractivity (Wildman–Crippen MR) is 37.8 cm³/mol. The predicted octanol–water partition coefficient (Wildman–Crippen LogP) is -1.37. The van der Waals surface area contributed by atoms with Crippen molar-refractivity contribution in [2.45, 2.75) is 12.1 Å². The van der Waals surface area contributed by atoms with Gasteiger partial charge in [-0.3, -0.25) is 0 Å². The average molecular weight is 165 g/mol. The van der Waals surface area contributed by atoms with Gasteiger partial charge in [0.05, 0.1) is 36.3 Å². The van der Waals surface area contributed by atoms with Crippen LogP contribution in [0.15, 0.2) is 0 Å². The Morgan fingerprint density at radius 2 is 2.40 bits per heavy atom. The first-order chi connectivity index (χ1) is 4.70. The van der Waals surface area contributed by atoms with E-state index >= 15 is 0 Å². The molecule has 1 aliphatic rings. The Hall–Kier alpha value is 0.0300. The van der Waals surface area contributed by atoms with E-state index < -0.39 is 17.1 Å². The fourth-order valence-corrected chi connectivity index (χ4v) is 1.52. The van der Waals surface area contributed by atoms with Crippen molar-refractivity contribution in [3.8, 4) is 0 Å². The van der Waals surface area contributed by atoms with E-state index in [-0.39, 0.29) is 6.04 Å². The highest BCUT2D eigenvalue weighted by Gasteiger charge is 2.26. The van der Waals surface area contributed by atoms with Gasteiger partial charge in [0.25, 0.3) is 0 Å². The van der Waals surface area contributed by atoms with Gasteiger partial charge in [0.1, 0.15) is 0 Å². The maximum absolute atomic E-state index is 10.6. The Kier molecular flexibility index (Phi) is 2.79. The van der Waals surface area contributed by atoms with Crippen molar-refractivity contribution in [2.75, 3.05) is 19.5 Å². The van der Waals surface area contributed by atoms with E-state index in [1.165, 1.54) is 6.26 Å². The van der Waals surface area contributed by atoms with Crippen molar-refractivity contribution in [1.82, 2.24) is 4.72 Å². The molecule has 1 heterocycles. The lowest BCUT2D eigenvalue weighted by molar-refractivity contribution is 0.124. The van der Waals surface area contributed by atoms with Gasteiger partial charge in [-0.2, -0.15) is 0 Å². The number of aliphatic hydroxyl groups excluding tert-OH is 1. The molecule has 3 unspecified atom stereocenters. The number of hydrogen-bond donors (Lipinski definition) is 2. The zero-order valence-electron chi connectivity index (χ0n) is 5.74. The third kappa shape index (κ3) is 2.02. The Bertz CT molecular complexity index is 141. The molecule has 4 nitrogen and oxygen atoms in total. The lowest BCUT2D eigenvalue weighted by Gasteiger charge is -2.10. The molecule has 60 valence electrons. The van der Waals surface area contributed by atoms with Gasteiger partial charge in [0.15, 0.2) is 0 Å². The summed E-state index contributed by atoms with van der Waals surface area (Å²) in [5.41, 5.74) is 0. The smallest absolute Gasteiger partial charge is 0.0958 e. The molecule has 0 aromatic carbocycles. The van der Waals surface area contributed by atoms with Gasteiger partial charge in [-0.05, 0) is 0 Å². The Labute approximate surface area is 62.2 Å². The zero-order valence-corrected chi connectivity index (χ0v) is 6.56. The van der Waals surface area contributed by atoms with Gasteiger partial charge in [-0.25, -0.2) is 8.93 Å². The normalized spacial score (nSPS) is 36.2. The van der Waals surface area contributed by atoms with Gasteiger partial charge >= 0.3 is 0 Å². The molecule has 1 saturated heterocycles. The van der Waals surface area contributed by atoms with Crippen molar-refractivity contribution < 1.29 is 14.1 Å². The summed E-state index contributed by atoms with van der Waals surface area (Å²) < 4.78 is 18.2. The van der Waals surface area contributed by atoms with E-state index in [1.54, 1.807) is 0 Å². The molecule has 0 aliphatic carbocycles. The van der Waals surface area contributed by atoms with Crippen molar-refractivity contribution >= 4 is 11.0 Å². The lowest BCUT2D eigenvalue weighted by Crippen LogP contribution is -2.39. The Morgan fingerprint density at radius 1 is 1.70 bits per heavy atom. The third-order valence-electron chi connectivity index (χ3n) is 1.37. The van der Waals surface area contributed by atoms with Crippen LogP contribution < -0.4 is 4.72 Å². The summed E-state index contributed by atoms with van der Waals surface area (Å²) in [5.74, 6) is 0. The van der Waals surface area contributed by atoms with Crippen LogP contribution in [0, 0.1) is 0 Å². The fourth-order valence-electron chi connectivity index (χ4n) is 0.869. The van der Waals surface area contributed by atoms with Crippen LogP contribution >= 0.6 is 0 Å². The van der Waals surface area contributed by atoms with Crippen LogP contribution in [-0.4, -0.2) is 40.9 Å². The van der Waals surface area contributed by atoms with Gasteiger partial charge in [0, 0.05) is 6.26 Å². The molecule has 1 fully saturated rings. The van der Waals surface area contributed by atoms with Gasteiger partial charge < -0.3 is 9.84 Å². The van der Waals surface area contributed by atoms with E-state index in [1.807, 2.05) is 0 Å². The van der Waals surface area contributed by atoms with Crippen molar-refractivity contribution in [1.29, 1.82) is 0 Å². The van der Waals surface area contributed by atoms with E-state index in [4.69, 9.17) is 9.84 Å². The molecule has 0 spiro atoms. The Morgan fingerprint density at radius 3 is 2.80 bits per heavy atom. The van der Waals surface area contributed by atoms with Gasteiger partial charge in [-0.1, -0.05) is 0 Å². The van der Waals surface area contributed by atoms with Crippen molar-refractivity contribution in [2.24, 2.45) is 0 Å². The summed E-state index contributed by atoms with van der Waals surface area (Å²) in [6.45, 7) is 0.787. The standard InChI is InChI=1S/C5H11NO3S/c1-10(8)6-4-2-9-3-5(4)7/h4-7H,2-3H2,1H3. The molecular formula is C5H11NO3S. The number of rotatable bonds is 2. The minimum Gasteiger partial charge on any atom is -0.389 e. The first-order valence-corrected chi connectivity index (χ1v) is 4.61. The molecule has 0 aromatic rings. The quantitative estimate of drug-likeness (QED) is 0.530. The first kappa shape index (κ1) is 8.13. The summed E-state index contributed by atoms with van der Waals surface area (Å²) in [7, 11) is -1.07. The molecule has 0 bridgehead atoms. The number of hydrogen-bond acceptors (Lipinski definition) is 3. The van der Waals surface area contributed by atoms with Crippen LogP contribution in [0.2, 0.25) is 0 Å². The first-order valence-electron chi connectivity index (χ1n) is 3.05. The van der Waals surface area contributed by atoms with Gasteiger partial charge in [-0.15, -0.1) is 0 Å². The van der Waals surface area contributed by atoms with Crippen LogP contribution in [0.5, 0.6) is 0 Å². The molecule has 10 heavy (non-hydrogen) atoms. The number of nitrogens with one attached hydrogen (secondary N) is 1. The molecule has 0 saturated carbocycles. The number of aliphatic hydroxyl groups is 1. The fraction of sp³-hybridized carbons (Fsp3) is 1.00. The van der Waals surface area contributed by atoms with Crippen LogP contribution in [0.4, 0.5) is 0 Å². The maximum atomic E-state index is 10.6. The lowest BCUT2D eigenvalue weighted by atomic mass is 10.2. The summed E-state index contributed by atoms with van der Waals surface area (Å²) in [6, 6.07) is -0.161. The summed E-state index contributed by atoms with van der Waals surface area (Å²) in [5, 5.41) is 9.12. The minimum absolute atomic E-state index is 0.161. The maximum Gasteiger partial charge on any atom is 0.0958 e. The van der Waals surface area contributed by atoms with E-state index in [9.17, 15) is 4.21 Å². The molecule has 0 radical (unpaired) electrons. The molecular weight excluding hydrogens is 154 g/mol. The molecule has 2 N–H and O–H groups in total.